The molecule has 0 saturated carbocycles. The van der Waals surface area contributed by atoms with Crippen molar-refractivity contribution >= 4 is 45.7 Å². The summed E-state index contributed by atoms with van der Waals surface area (Å²) in [5, 5.41) is 17.9. The molecule has 0 bridgehead atoms. The van der Waals surface area contributed by atoms with Crippen LogP contribution in [-0.2, 0) is 13.0 Å². The Balaban J connectivity index is 1.36. The Labute approximate surface area is 193 Å². The predicted octanol–water partition coefficient (Wildman–Crippen LogP) is 4.41. The van der Waals surface area contributed by atoms with E-state index in [1.807, 2.05) is 65.2 Å². The molecular formula is C23H18Cl2N6O. The van der Waals surface area contributed by atoms with Gasteiger partial charge >= 0.3 is 0 Å². The Bertz CT molecular complexity index is 1420. The first-order valence-corrected chi connectivity index (χ1v) is 10.8. The van der Waals surface area contributed by atoms with E-state index in [1.54, 1.807) is 10.7 Å². The van der Waals surface area contributed by atoms with Gasteiger partial charge in [-0.25, -0.2) is 0 Å². The van der Waals surface area contributed by atoms with Crippen molar-refractivity contribution in [2.24, 2.45) is 0 Å². The lowest BCUT2D eigenvalue weighted by atomic mass is 10.2. The highest BCUT2D eigenvalue weighted by Crippen LogP contribution is 2.24. The van der Waals surface area contributed by atoms with Crippen LogP contribution in [0.25, 0.3) is 16.6 Å². The molecule has 0 saturated heterocycles. The van der Waals surface area contributed by atoms with E-state index in [9.17, 15) is 4.79 Å². The van der Waals surface area contributed by atoms with E-state index in [1.165, 1.54) is 0 Å². The fourth-order valence-corrected chi connectivity index (χ4v) is 3.92. The number of benzene rings is 2. The van der Waals surface area contributed by atoms with Gasteiger partial charge in [-0.15, -0.1) is 10.2 Å². The summed E-state index contributed by atoms with van der Waals surface area (Å²) in [7, 11) is 0. The number of fused-ring (bicyclic) bond motifs is 2. The third-order valence-corrected chi connectivity index (χ3v) is 5.68. The molecule has 0 spiro atoms. The zero-order valence-corrected chi connectivity index (χ0v) is 18.4. The zero-order valence-electron chi connectivity index (χ0n) is 16.9. The number of amides is 1. The second-order valence-electron chi connectivity index (χ2n) is 7.35. The van der Waals surface area contributed by atoms with Gasteiger partial charge in [0, 0.05) is 34.6 Å². The highest BCUT2D eigenvalue weighted by Gasteiger charge is 2.18. The largest absolute Gasteiger partial charge is 0.350 e. The number of carbonyl (C=O) groups is 1. The molecule has 0 radical (unpaired) electrons. The van der Waals surface area contributed by atoms with Gasteiger partial charge in [-0.3, -0.25) is 13.9 Å². The molecule has 0 atom stereocenters. The number of pyridine rings is 1. The molecule has 0 fully saturated rings. The number of rotatable bonds is 6. The molecule has 1 N–H and O–H groups in total. The van der Waals surface area contributed by atoms with Gasteiger partial charge in [0.25, 0.3) is 5.91 Å². The van der Waals surface area contributed by atoms with Crippen molar-refractivity contribution in [3.05, 3.63) is 94.0 Å². The molecule has 2 aromatic carbocycles. The lowest BCUT2D eigenvalue weighted by Gasteiger charge is -2.04. The van der Waals surface area contributed by atoms with E-state index >= 15 is 0 Å². The van der Waals surface area contributed by atoms with E-state index in [2.05, 4.69) is 20.6 Å². The van der Waals surface area contributed by atoms with Gasteiger partial charge < -0.3 is 5.32 Å². The Morgan fingerprint density at radius 3 is 2.62 bits per heavy atom. The summed E-state index contributed by atoms with van der Waals surface area (Å²) < 4.78 is 3.69. The highest BCUT2D eigenvalue weighted by molar-refractivity contribution is 6.31. The number of aromatic nitrogens is 5. The summed E-state index contributed by atoms with van der Waals surface area (Å²) in [6.45, 7) is 0.903. The third kappa shape index (κ3) is 4.04. The minimum atomic E-state index is -0.249. The first-order chi connectivity index (χ1) is 15.6. The summed E-state index contributed by atoms with van der Waals surface area (Å²) in [4.78, 5) is 13.0. The Kier molecular flexibility index (Phi) is 5.51. The van der Waals surface area contributed by atoms with Gasteiger partial charge in [-0.05, 0) is 48.0 Å². The fourth-order valence-electron chi connectivity index (χ4n) is 3.63. The molecule has 3 heterocycles. The zero-order chi connectivity index (χ0) is 22.1. The maximum Gasteiger partial charge on any atom is 0.272 e. The van der Waals surface area contributed by atoms with Crippen molar-refractivity contribution in [1.29, 1.82) is 0 Å². The van der Waals surface area contributed by atoms with Crippen molar-refractivity contribution in [3.8, 4) is 0 Å². The Morgan fingerprint density at radius 1 is 0.969 bits per heavy atom. The quantitative estimate of drug-likeness (QED) is 0.403. The van der Waals surface area contributed by atoms with Crippen LogP contribution in [0.4, 0.5) is 0 Å². The fraction of sp³-hybridized carbons (Fsp3) is 0.130. The van der Waals surface area contributed by atoms with Crippen molar-refractivity contribution in [3.63, 3.8) is 0 Å². The van der Waals surface area contributed by atoms with Crippen molar-refractivity contribution in [1.82, 2.24) is 29.7 Å². The van der Waals surface area contributed by atoms with Crippen LogP contribution in [0.1, 0.15) is 21.9 Å². The van der Waals surface area contributed by atoms with Gasteiger partial charge in [0.1, 0.15) is 5.82 Å². The molecule has 0 unspecified atom stereocenters. The first-order valence-electron chi connectivity index (χ1n) is 10.1. The molecule has 3 aromatic heterocycles. The van der Waals surface area contributed by atoms with Gasteiger partial charge in [0.15, 0.2) is 11.3 Å². The summed E-state index contributed by atoms with van der Waals surface area (Å²) in [5.41, 5.74) is 2.94. The molecule has 7 nitrogen and oxygen atoms in total. The van der Waals surface area contributed by atoms with Crippen molar-refractivity contribution < 1.29 is 4.79 Å². The van der Waals surface area contributed by atoms with Gasteiger partial charge in [-0.1, -0.05) is 41.4 Å². The number of halogens is 2. The van der Waals surface area contributed by atoms with Crippen LogP contribution in [0, 0.1) is 0 Å². The molecule has 160 valence electrons. The maximum absolute atomic E-state index is 13.0. The van der Waals surface area contributed by atoms with E-state index in [0.29, 0.717) is 35.2 Å². The third-order valence-electron chi connectivity index (χ3n) is 5.19. The second-order valence-corrected chi connectivity index (χ2v) is 8.22. The average molecular weight is 465 g/mol. The standard InChI is InChI=1S/C23H18Cl2N6O/c24-16-6-4-15(5-7-16)14-31-19-13-17(25)8-9-18(19)22(29-31)23(32)26-11-10-21-28-27-20-3-1-2-12-30(20)21/h1-9,12-13H,10-11,14H2,(H,26,32). The minimum Gasteiger partial charge on any atom is -0.350 e. The second kappa shape index (κ2) is 8.61. The van der Waals surface area contributed by atoms with Crippen molar-refractivity contribution in [2.45, 2.75) is 13.0 Å². The monoisotopic (exact) mass is 464 g/mol. The molecular weight excluding hydrogens is 447 g/mol. The summed E-state index contributed by atoms with van der Waals surface area (Å²) in [6.07, 6.45) is 2.45. The normalized spacial score (nSPS) is 11.3. The first kappa shape index (κ1) is 20.5. The summed E-state index contributed by atoms with van der Waals surface area (Å²) in [6, 6.07) is 18.6. The summed E-state index contributed by atoms with van der Waals surface area (Å²) in [5.74, 6) is 0.534. The number of nitrogens with one attached hydrogen (secondary N) is 1. The van der Waals surface area contributed by atoms with Gasteiger partial charge in [0.2, 0.25) is 0 Å². The number of hydrogen-bond acceptors (Lipinski definition) is 4. The van der Waals surface area contributed by atoms with Gasteiger partial charge in [0.05, 0.1) is 12.1 Å². The molecule has 0 aliphatic rings. The average Bonchev–Trinajstić information content (AvgIpc) is 3.37. The topological polar surface area (TPSA) is 77.1 Å². The van der Waals surface area contributed by atoms with Crippen LogP contribution >= 0.6 is 23.2 Å². The molecule has 0 aliphatic heterocycles. The van der Waals surface area contributed by atoms with E-state index in [4.69, 9.17) is 23.2 Å². The van der Waals surface area contributed by atoms with Crippen LogP contribution in [0.2, 0.25) is 10.0 Å². The number of hydrogen-bond donors (Lipinski definition) is 1. The predicted molar refractivity (Wildman–Crippen MR) is 124 cm³/mol. The van der Waals surface area contributed by atoms with E-state index in [0.717, 1.165) is 27.9 Å². The van der Waals surface area contributed by atoms with E-state index in [-0.39, 0.29) is 5.91 Å². The Morgan fingerprint density at radius 2 is 1.78 bits per heavy atom. The highest BCUT2D eigenvalue weighted by atomic mass is 35.5. The van der Waals surface area contributed by atoms with Crippen molar-refractivity contribution in [2.75, 3.05) is 6.54 Å². The molecule has 5 aromatic rings. The molecule has 0 aliphatic carbocycles. The van der Waals surface area contributed by atoms with Crippen LogP contribution < -0.4 is 5.32 Å². The number of carbonyl (C=O) groups excluding carboxylic acids is 1. The van der Waals surface area contributed by atoms with Crippen LogP contribution in [0.15, 0.2) is 66.9 Å². The minimum absolute atomic E-state index is 0.249. The SMILES string of the molecule is O=C(NCCc1nnc2ccccn12)c1nn(Cc2ccc(Cl)cc2)c2cc(Cl)ccc12. The molecule has 1 amide bonds. The number of nitrogens with zero attached hydrogens (tertiary/aromatic N) is 5. The lowest BCUT2D eigenvalue weighted by molar-refractivity contribution is 0.0949. The van der Waals surface area contributed by atoms with E-state index < -0.39 is 0 Å². The Hall–Kier alpha value is -3.42. The lowest BCUT2D eigenvalue weighted by Crippen LogP contribution is -2.27. The van der Waals surface area contributed by atoms with Crippen LogP contribution in [0.3, 0.4) is 0 Å². The maximum atomic E-state index is 13.0. The molecule has 32 heavy (non-hydrogen) atoms. The van der Waals surface area contributed by atoms with Crippen LogP contribution in [0.5, 0.6) is 0 Å². The summed E-state index contributed by atoms with van der Waals surface area (Å²) >= 11 is 12.2. The van der Waals surface area contributed by atoms with Crippen LogP contribution in [-0.4, -0.2) is 36.8 Å². The smallest absolute Gasteiger partial charge is 0.272 e. The molecule has 5 rings (SSSR count). The van der Waals surface area contributed by atoms with Gasteiger partial charge in [-0.2, -0.15) is 5.10 Å². The molecule has 9 heteroatoms.